The fraction of sp³-hybridized carbons (Fsp3) is 0.941. The number of amides is 1. The number of likely N-dealkylation sites (tertiary alicyclic amines) is 1. The van der Waals surface area contributed by atoms with E-state index in [9.17, 15) is 4.79 Å². The van der Waals surface area contributed by atoms with E-state index in [1.165, 1.54) is 6.42 Å². The van der Waals surface area contributed by atoms with Crippen molar-refractivity contribution in [2.45, 2.75) is 84.9 Å². The van der Waals surface area contributed by atoms with Crippen LogP contribution in [0.3, 0.4) is 0 Å². The van der Waals surface area contributed by atoms with Gasteiger partial charge in [0, 0.05) is 25.2 Å². The van der Waals surface area contributed by atoms with E-state index in [2.05, 4.69) is 26.1 Å². The number of carbonyl (C=O) groups excluding carboxylic acids is 1. The maximum absolute atomic E-state index is 12.1. The summed E-state index contributed by atoms with van der Waals surface area (Å²) in [5.41, 5.74) is -0.410. The summed E-state index contributed by atoms with van der Waals surface area (Å²) in [6.45, 7) is 14.1. The number of carbonyl (C=O) groups is 1. The number of rotatable bonds is 4. The lowest BCUT2D eigenvalue weighted by Gasteiger charge is -2.26. The molecular formula is C17H34N2O2. The van der Waals surface area contributed by atoms with Gasteiger partial charge in [-0.15, -0.1) is 0 Å². The van der Waals surface area contributed by atoms with Crippen molar-refractivity contribution >= 4 is 6.09 Å². The molecule has 1 N–H and O–H groups in total. The lowest BCUT2D eigenvalue weighted by Crippen LogP contribution is -2.39. The maximum atomic E-state index is 12.1. The molecule has 0 aromatic carbocycles. The van der Waals surface area contributed by atoms with Crippen LogP contribution in [-0.4, -0.2) is 41.8 Å². The van der Waals surface area contributed by atoms with Crippen molar-refractivity contribution in [3.8, 4) is 0 Å². The van der Waals surface area contributed by atoms with Crippen molar-refractivity contribution < 1.29 is 9.53 Å². The first-order chi connectivity index (χ1) is 9.67. The predicted octanol–water partition coefficient (Wildman–Crippen LogP) is 3.80. The standard InChI is InChI=1S/C17H34N2O2/c1-13(2)12-14(3)18-15-8-7-10-19(11-9-15)16(20)21-17(4,5)6/h13-15,18H,7-12H2,1-6H3. The summed E-state index contributed by atoms with van der Waals surface area (Å²) in [7, 11) is 0. The van der Waals surface area contributed by atoms with Crippen LogP contribution in [0.2, 0.25) is 0 Å². The monoisotopic (exact) mass is 298 g/mol. The molecular weight excluding hydrogens is 264 g/mol. The van der Waals surface area contributed by atoms with E-state index in [4.69, 9.17) is 4.74 Å². The average molecular weight is 298 g/mol. The average Bonchev–Trinajstić information content (AvgIpc) is 2.51. The van der Waals surface area contributed by atoms with Gasteiger partial charge in [0.15, 0.2) is 0 Å². The van der Waals surface area contributed by atoms with Crippen molar-refractivity contribution in [3.63, 3.8) is 0 Å². The number of hydrogen-bond acceptors (Lipinski definition) is 3. The minimum absolute atomic E-state index is 0.168. The van der Waals surface area contributed by atoms with Gasteiger partial charge in [0.2, 0.25) is 0 Å². The fourth-order valence-electron chi connectivity index (χ4n) is 2.95. The molecule has 0 radical (unpaired) electrons. The van der Waals surface area contributed by atoms with Gasteiger partial charge in [-0.3, -0.25) is 0 Å². The molecule has 0 aromatic rings. The minimum atomic E-state index is -0.410. The first-order valence-electron chi connectivity index (χ1n) is 8.41. The maximum Gasteiger partial charge on any atom is 0.410 e. The number of ether oxygens (including phenoxy) is 1. The molecule has 1 amide bonds. The zero-order valence-corrected chi connectivity index (χ0v) is 14.7. The van der Waals surface area contributed by atoms with Crippen LogP contribution in [-0.2, 0) is 4.74 Å². The van der Waals surface area contributed by atoms with E-state index in [-0.39, 0.29) is 6.09 Å². The van der Waals surface area contributed by atoms with Crippen LogP contribution in [0.5, 0.6) is 0 Å². The molecule has 21 heavy (non-hydrogen) atoms. The molecule has 4 nitrogen and oxygen atoms in total. The molecule has 4 heteroatoms. The first-order valence-corrected chi connectivity index (χ1v) is 8.41. The van der Waals surface area contributed by atoms with Crippen LogP contribution >= 0.6 is 0 Å². The van der Waals surface area contributed by atoms with Gasteiger partial charge in [-0.2, -0.15) is 0 Å². The van der Waals surface area contributed by atoms with Gasteiger partial charge >= 0.3 is 6.09 Å². The Bertz CT molecular complexity index is 323. The van der Waals surface area contributed by atoms with Gasteiger partial charge in [0.1, 0.15) is 5.60 Å². The van der Waals surface area contributed by atoms with Crippen molar-refractivity contribution in [3.05, 3.63) is 0 Å². The lowest BCUT2D eigenvalue weighted by atomic mass is 10.0. The van der Waals surface area contributed by atoms with E-state index in [0.29, 0.717) is 12.1 Å². The highest BCUT2D eigenvalue weighted by atomic mass is 16.6. The highest BCUT2D eigenvalue weighted by molar-refractivity contribution is 5.68. The van der Waals surface area contributed by atoms with Crippen molar-refractivity contribution in [1.82, 2.24) is 10.2 Å². The molecule has 0 aromatic heterocycles. The number of nitrogens with one attached hydrogen (secondary N) is 1. The minimum Gasteiger partial charge on any atom is -0.444 e. The van der Waals surface area contributed by atoms with Crippen LogP contribution in [0.1, 0.15) is 67.2 Å². The molecule has 1 heterocycles. The smallest absolute Gasteiger partial charge is 0.410 e. The summed E-state index contributed by atoms with van der Waals surface area (Å²) < 4.78 is 5.47. The highest BCUT2D eigenvalue weighted by Crippen LogP contribution is 2.16. The summed E-state index contributed by atoms with van der Waals surface area (Å²) in [5, 5.41) is 3.72. The quantitative estimate of drug-likeness (QED) is 0.858. The summed E-state index contributed by atoms with van der Waals surface area (Å²) in [6, 6.07) is 1.06. The third-order valence-corrected chi connectivity index (χ3v) is 3.72. The second kappa shape index (κ2) is 8.02. The second-order valence-corrected chi connectivity index (χ2v) is 7.79. The highest BCUT2D eigenvalue weighted by Gasteiger charge is 2.25. The Morgan fingerprint density at radius 1 is 1.24 bits per heavy atom. The Morgan fingerprint density at radius 3 is 2.48 bits per heavy atom. The molecule has 1 aliphatic rings. The second-order valence-electron chi connectivity index (χ2n) is 7.79. The van der Waals surface area contributed by atoms with Crippen LogP contribution in [0, 0.1) is 5.92 Å². The third-order valence-electron chi connectivity index (χ3n) is 3.72. The molecule has 0 spiro atoms. The van der Waals surface area contributed by atoms with E-state index in [1.54, 1.807) is 0 Å². The zero-order chi connectivity index (χ0) is 16.0. The van der Waals surface area contributed by atoms with Crippen LogP contribution in [0.25, 0.3) is 0 Å². The lowest BCUT2D eigenvalue weighted by molar-refractivity contribution is 0.0256. The van der Waals surface area contributed by atoms with Crippen LogP contribution in [0.15, 0.2) is 0 Å². The Morgan fingerprint density at radius 2 is 1.90 bits per heavy atom. The Labute approximate surface area is 130 Å². The third kappa shape index (κ3) is 7.70. The molecule has 0 saturated carbocycles. The molecule has 1 aliphatic heterocycles. The Balaban J connectivity index is 2.41. The number of hydrogen-bond donors (Lipinski definition) is 1. The molecule has 2 unspecified atom stereocenters. The zero-order valence-electron chi connectivity index (χ0n) is 14.7. The molecule has 1 rings (SSSR count). The van der Waals surface area contributed by atoms with Gasteiger partial charge in [-0.05, 0) is 59.3 Å². The van der Waals surface area contributed by atoms with E-state index < -0.39 is 5.60 Å². The molecule has 0 bridgehead atoms. The van der Waals surface area contributed by atoms with Gasteiger partial charge in [0.25, 0.3) is 0 Å². The Kier molecular flexibility index (Phi) is 6.98. The summed E-state index contributed by atoms with van der Waals surface area (Å²) >= 11 is 0. The normalized spacial score (nSPS) is 22.0. The van der Waals surface area contributed by atoms with Crippen molar-refractivity contribution in [2.24, 2.45) is 5.92 Å². The van der Waals surface area contributed by atoms with Crippen LogP contribution < -0.4 is 5.32 Å². The fourth-order valence-corrected chi connectivity index (χ4v) is 2.95. The van der Waals surface area contributed by atoms with E-state index >= 15 is 0 Å². The predicted molar refractivity (Wildman–Crippen MR) is 87.5 cm³/mol. The topological polar surface area (TPSA) is 41.6 Å². The van der Waals surface area contributed by atoms with E-state index in [1.807, 2.05) is 25.7 Å². The van der Waals surface area contributed by atoms with Crippen molar-refractivity contribution in [2.75, 3.05) is 13.1 Å². The van der Waals surface area contributed by atoms with Gasteiger partial charge in [0.05, 0.1) is 0 Å². The largest absolute Gasteiger partial charge is 0.444 e. The molecule has 2 atom stereocenters. The van der Waals surface area contributed by atoms with Gasteiger partial charge in [-0.1, -0.05) is 13.8 Å². The van der Waals surface area contributed by atoms with Crippen LogP contribution in [0.4, 0.5) is 4.79 Å². The molecule has 1 fully saturated rings. The molecule has 124 valence electrons. The first kappa shape index (κ1) is 18.3. The van der Waals surface area contributed by atoms with Crippen molar-refractivity contribution in [1.29, 1.82) is 0 Å². The molecule has 1 saturated heterocycles. The summed E-state index contributed by atoms with van der Waals surface area (Å²) in [5.74, 6) is 0.719. The van der Waals surface area contributed by atoms with E-state index in [0.717, 1.165) is 38.3 Å². The summed E-state index contributed by atoms with van der Waals surface area (Å²) in [4.78, 5) is 14.0. The van der Waals surface area contributed by atoms with Gasteiger partial charge < -0.3 is 15.0 Å². The Hall–Kier alpha value is -0.770. The number of nitrogens with zero attached hydrogens (tertiary/aromatic N) is 1. The molecule has 0 aliphatic carbocycles. The SMILES string of the molecule is CC(C)CC(C)NC1CCCN(C(=O)OC(C)(C)C)CC1. The summed E-state index contributed by atoms with van der Waals surface area (Å²) in [6.07, 6.45) is 4.24. The van der Waals surface area contributed by atoms with Gasteiger partial charge in [-0.25, -0.2) is 4.79 Å².